The highest BCUT2D eigenvalue weighted by atomic mass is 16.3. The third-order valence-corrected chi connectivity index (χ3v) is 5.53. The molecule has 152 valence electrons. The van der Waals surface area contributed by atoms with E-state index in [-0.39, 0.29) is 26.4 Å². The van der Waals surface area contributed by atoms with E-state index < -0.39 is 0 Å². The van der Waals surface area contributed by atoms with E-state index >= 15 is 0 Å². The second-order valence-corrected chi connectivity index (χ2v) is 7.69. The highest BCUT2D eigenvalue weighted by molar-refractivity contribution is 4.51. The molecular weight excluding hydrogens is 320 g/mol. The number of hydrogen-bond donors (Lipinski definition) is 4. The van der Waals surface area contributed by atoms with Crippen LogP contribution in [-0.4, -0.2) is 109 Å². The standard InChI is InChI=1S/C19H44N2O4/c1-3-4-5-6-7-8-9-21(14-18-24,15-19-25)11-10-20(2,12-16-22)13-17-23/h22-25H,3-19H2,1-2H3/q+2. The Balaban J connectivity index is 4.70. The van der Waals surface area contributed by atoms with E-state index in [1.807, 2.05) is 0 Å². The predicted molar refractivity (Wildman–Crippen MR) is 102 cm³/mol. The monoisotopic (exact) mass is 364 g/mol. The molecule has 0 bridgehead atoms. The molecule has 0 fully saturated rings. The molecule has 0 rings (SSSR count). The zero-order valence-electron chi connectivity index (χ0n) is 16.7. The van der Waals surface area contributed by atoms with Gasteiger partial charge < -0.3 is 29.4 Å². The van der Waals surface area contributed by atoms with Crippen LogP contribution in [0.1, 0.15) is 45.4 Å². The van der Waals surface area contributed by atoms with Crippen LogP contribution in [0.15, 0.2) is 0 Å². The van der Waals surface area contributed by atoms with Crippen LogP contribution < -0.4 is 0 Å². The van der Waals surface area contributed by atoms with E-state index in [0.29, 0.717) is 30.7 Å². The quantitative estimate of drug-likeness (QED) is 0.212. The van der Waals surface area contributed by atoms with Crippen LogP contribution in [-0.2, 0) is 0 Å². The molecule has 0 heterocycles. The van der Waals surface area contributed by atoms with Gasteiger partial charge in [-0.3, -0.25) is 0 Å². The van der Waals surface area contributed by atoms with Crippen molar-refractivity contribution in [2.45, 2.75) is 45.4 Å². The molecular formula is C19H44N2O4+2. The predicted octanol–water partition coefficient (Wildman–Crippen LogP) is 0.580. The summed E-state index contributed by atoms with van der Waals surface area (Å²) in [6, 6.07) is 0. The summed E-state index contributed by atoms with van der Waals surface area (Å²) in [5, 5.41) is 37.8. The fourth-order valence-electron chi connectivity index (χ4n) is 3.59. The highest BCUT2D eigenvalue weighted by Crippen LogP contribution is 2.14. The summed E-state index contributed by atoms with van der Waals surface area (Å²) in [7, 11) is 2.06. The smallest absolute Gasteiger partial charge is 0.129 e. The van der Waals surface area contributed by atoms with E-state index in [0.717, 1.165) is 30.5 Å². The van der Waals surface area contributed by atoms with Crippen molar-refractivity contribution in [1.29, 1.82) is 0 Å². The SMILES string of the molecule is CCCCCCCC[N+](CCO)(CCO)CC[N+](C)(CCO)CCO. The van der Waals surface area contributed by atoms with E-state index in [1.165, 1.54) is 32.1 Å². The van der Waals surface area contributed by atoms with Gasteiger partial charge >= 0.3 is 0 Å². The highest BCUT2D eigenvalue weighted by Gasteiger charge is 2.31. The fourth-order valence-corrected chi connectivity index (χ4v) is 3.59. The van der Waals surface area contributed by atoms with Gasteiger partial charge in [-0.05, 0) is 12.8 Å². The first-order valence-corrected chi connectivity index (χ1v) is 10.1. The van der Waals surface area contributed by atoms with Crippen LogP contribution >= 0.6 is 0 Å². The Morgan fingerprint density at radius 2 is 1.00 bits per heavy atom. The maximum Gasteiger partial charge on any atom is 0.129 e. The first kappa shape index (κ1) is 24.8. The molecule has 25 heavy (non-hydrogen) atoms. The molecule has 0 spiro atoms. The molecule has 0 unspecified atom stereocenters. The molecule has 0 saturated carbocycles. The maximum atomic E-state index is 9.55. The van der Waals surface area contributed by atoms with Gasteiger partial charge in [-0.1, -0.05) is 32.6 Å². The summed E-state index contributed by atoms with van der Waals surface area (Å²) in [5.74, 6) is 0. The third-order valence-electron chi connectivity index (χ3n) is 5.53. The van der Waals surface area contributed by atoms with Gasteiger partial charge in [0.15, 0.2) is 0 Å². The average Bonchev–Trinajstić information content (AvgIpc) is 2.57. The van der Waals surface area contributed by atoms with Crippen molar-refractivity contribution in [2.75, 3.05) is 79.3 Å². The summed E-state index contributed by atoms with van der Waals surface area (Å²) < 4.78 is 1.35. The molecule has 0 aromatic rings. The molecule has 0 amide bonds. The second kappa shape index (κ2) is 14.9. The lowest BCUT2D eigenvalue weighted by atomic mass is 10.1. The van der Waals surface area contributed by atoms with Crippen molar-refractivity contribution in [3.05, 3.63) is 0 Å². The lowest BCUT2D eigenvalue weighted by Gasteiger charge is -2.42. The topological polar surface area (TPSA) is 80.9 Å². The Morgan fingerprint density at radius 3 is 1.48 bits per heavy atom. The minimum absolute atomic E-state index is 0.105. The second-order valence-electron chi connectivity index (χ2n) is 7.69. The Labute approximate surface area is 154 Å². The van der Waals surface area contributed by atoms with Gasteiger partial charge in [-0.2, -0.15) is 0 Å². The van der Waals surface area contributed by atoms with Crippen LogP contribution in [0.4, 0.5) is 0 Å². The van der Waals surface area contributed by atoms with Crippen molar-refractivity contribution in [3.63, 3.8) is 0 Å². The summed E-state index contributed by atoms with van der Waals surface area (Å²) in [6.07, 6.45) is 7.42. The van der Waals surface area contributed by atoms with Crippen molar-refractivity contribution >= 4 is 0 Å². The minimum Gasteiger partial charge on any atom is -0.391 e. The van der Waals surface area contributed by atoms with Gasteiger partial charge in [-0.25, -0.2) is 0 Å². The van der Waals surface area contributed by atoms with Gasteiger partial charge in [0.05, 0.1) is 40.0 Å². The molecule has 0 aliphatic carbocycles. The molecule has 0 saturated heterocycles. The van der Waals surface area contributed by atoms with E-state index in [2.05, 4.69) is 14.0 Å². The Hall–Kier alpha value is -0.240. The molecule has 0 aromatic heterocycles. The van der Waals surface area contributed by atoms with E-state index in [1.54, 1.807) is 0 Å². The molecule has 0 aromatic carbocycles. The average molecular weight is 365 g/mol. The van der Waals surface area contributed by atoms with Crippen LogP contribution in [0.25, 0.3) is 0 Å². The minimum atomic E-state index is 0.105. The fraction of sp³-hybridized carbons (Fsp3) is 1.00. The number of hydrogen-bond acceptors (Lipinski definition) is 4. The summed E-state index contributed by atoms with van der Waals surface area (Å²) in [6.45, 7) is 7.90. The molecule has 4 N–H and O–H groups in total. The van der Waals surface area contributed by atoms with Gasteiger partial charge in [0.1, 0.15) is 39.3 Å². The number of aliphatic hydroxyl groups excluding tert-OH is 4. The van der Waals surface area contributed by atoms with Crippen LogP contribution in [0.5, 0.6) is 0 Å². The van der Waals surface area contributed by atoms with E-state index in [9.17, 15) is 20.4 Å². The maximum absolute atomic E-state index is 9.55. The van der Waals surface area contributed by atoms with Crippen molar-refractivity contribution < 1.29 is 29.4 Å². The summed E-state index contributed by atoms with van der Waals surface area (Å²) in [5.41, 5.74) is 0. The first-order chi connectivity index (χ1) is 12.0. The molecule has 6 nitrogen and oxygen atoms in total. The Kier molecular flexibility index (Phi) is 14.7. The third kappa shape index (κ3) is 11.2. The lowest BCUT2D eigenvalue weighted by Crippen LogP contribution is -2.59. The van der Waals surface area contributed by atoms with E-state index in [4.69, 9.17) is 0 Å². The number of aliphatic hydroxyl groups is 4. The largest absolute Gasteiger partial charge is 0.391 e. The lowest BCUT2D eigenvalue weighted by molar-refractivity contribution is -0.973. The van der Waals surface area contributed by atoms with Gasteiger partial charge in [0, 0.05) is 0 Å². The number of rotatable bonds is 18. The van der Waals surface area contributed by atoms with Gasteiger partial charge in [0.25, 0.3) is 0 Å². The summed E-state index contributed by atoms with van der Waals surface area (Å²) in [4.78, 5) is 0. The normalized spacial score (nSPS) is 12.7. The first-order valence-electron chi connectivity index (χ1n) is 10.1. The van der Waals surface area contributed by atoms with Crippen LogP contribution in [0, 0.1) is 0 Å². The Bertz CT molecular complexity index is 291. The number of quaternary nitrogens is 2. The Morgan fingerprint density at radius 1 is 0.520 bits per heavy atom. The molecule has 0 aliphatic rings. The molecule has 0 aliphatic heterocycles. The van der Waals surface area contributed by atoms with Gasteiger partial charge in [0.2, 0.25) is 0 Å². The van der Waals surface area contributed by atoms with Crippen molar-refractivity contribution in [3.8, 4) is 0 Å². The molecule has 0 atom stereocenters. The summed E-state index contributed by atoms with van der Waals surface area (Å²) >= 11 is 0. The molecule has 6 heteroatoms. The van der Waals surface area contributed by atoms with Crippen molar-refractivity contribution in [2.24, 2.45) is 0 Å². The van der Waals surface area contributed by atoms with Crippen molar-refractivity contribution in [1.82, 2.24) is 0 Å². The van der Waals surface area contributed by atoms with Gasteiger partial charge in [-0.15, -0.1) is 0 Å². The zero-order valence-corrected chi connectivity index (χ0v) is 16.7. The number of nitrogens with zero attached hydrogens (tertiary/aromatic N) is 2. The number of unbranched alkanes of at least 4 members (excludes halogenated alkanes) is 5. The van der Waals surface area contributed by atoms with Crippen LogP contribution in [0.3, 0.4) is 0 Å². The molecule has 0 radical (unpaired) electrons. The number of likely N-dealkylation sites (N-methyl/N-ethyl adjacent to an activating group) is 1. The zero-order chi connectivity index (χ0) is 19.0. The van der Waals surface area contributed by atoms with Crippen LogP contribution in [0.2, 0.25) is 0 Å².